The zero-order chi connectivity index (χ0) is 23.5. The van der Waals surface area contributed by atoms with E-state index in [0.29, 0.717) is 0 Å². The molecule has 2 aromatic carbocycles. The highest BCUT2D eigenvalue weighted by atomic mass is 17.3. The lowest BCUT2D eigenvalue weighted by molar-refractivity contribution is -0.696. The molecule has 14 heteroatoms. The molecule has 0 radical (unpaired) electrons. The summed E-state index contributed by atoms with van der Waals surface area (Å²) >= 11 is 0. The molecule has 0 aliphatic carbocycles. The molecule has 0 bridgehead atoms. The SMILES string of the molecule is OCC1OC(O)(OO)C(O)(OO)C(O)(OO)C1(OOc1ccccc1)Oc1ccccc1. The van der Waals surface area contributed by atoms with Gasteiger partial charge in [0.25, 0.3) is 0 Å². The van der Waals surface area contributed by atoms with Crippen LogP contribution in [0.2, 0.25) is 0 Å². The van der Waals surface area contributed by atoms with Crippen molar-refractivity contribution in [2.24, 2.45) is 0 Å². The van der Waals surface area contributed by atoms with E-state index in [0.717, 1.165) is 0 Å². The molecule has 7 N–H and O–H groups in total. The second-order valence-electron chi connectivity index (χ2n) is 6.50. The maximum absolute atomic E-state index is 11.1. The Balaban J connectivity index is 2.20. The number of para-hydroxylation sites is 2. The summed E-state index contributed by atoms with van der Waals surface area (Å²) in [7, 11) is 0. The van der Waals surface area contributed by atoms with Crippen LogP contribution in [0.1, 0.15) is 0 Å². The summed E-state index contributed by atoms with van der Waals surface area (Å²) in [6.45, 7) is -1.22. The molecular formula is C18H20O14. The van der Waals surface area contributed by atoms with Crippen molar-refractivity contribution < 1.29 is 70.1 Å². The van der Waals surface area contributed by atoms with Gasteiger partial charge < -0.3 is 34.8 Å². The van der Waals surface area contributed by atoms with Gasteiger partial charge in [-0.1, -0.05) is 36.4 Å². The van der Waals surface area contributed by atoms with Crippen LogP contribution in [0.5, 0.6) is 11.5 Å². The topological polar surface area (TPSA) is 206 Å². The Morgan fingerprint density at radius 2 is 1.28 bits per heavy atom. The fourth-order valence-corrected chi connectivity index (χ4v) is 3.02. The Morgan fingerprint density at radius 1 is 0.750 bits per heavy atom. The highest BCUT2D eigenvalue weighted by Gasteiger charge is 2.87. The molecule has 176 valence electrons. The summed E-state index contributed by atoms with van der Waals surface area (Å²) in [5, 5.41) is 69.9. The van der Waals surface area contributed by atoms with Crippen LogP contribution in [0.15, 0.2) is 60.7 Å². The zero-order valence-electron chi connectivity index (χ0n) is 16.0. The van der Waals surface area contributed by atoms with Crippen molar-refractivity contribution in [2.75, 3.05) is 6.61 Å². The number of aliphatic hydroxyl groups excluding tert-OH is 1. The molecule has 0 saturated carbocycles. The van der Waals surface area contributed by atoms with E-state index in [2.05, 4.69) is 14.7 Å². The van der Waals surface area contributed by atoms with Gasteiger partial charge in [-0.25, -0.2) is 15.8 Å². The fraction of sp³-hybridized carbons (Fsp3) is 0.333. The lowest BCUT2D eigenvalue weighted by Crippen LogP contribution is -2.88. The molecule has 0 aromatic heterocycles. The molecule has 1 heterocycles. The summed E-state index contributed by atoms with van der Waals surface area (Å²) in [6.07, 6.45) is -2.18. The third kappa shape index (κ3) is 3.59. The minimum absolute atomic E-state index is 0.0202. The molecule has 0 spiro atoms. The monoisotopic (exact) mass is 460 g/mol. The van der Waals surface area contributed by atoms with Crippen LogP contribution in [-0.4, -0.2) is 72.2 Å². The highest BCUT2D eigenvalue weighted by molar-refractivity contribution is 5.24. The number of hydrogen-bond donors (Lipinski definition) is 7. The number of aliphatic hydroxyl groups is 4. The molecule has 32 heavy (non-hydrogen) atoms. The van der Waals surface area contributed by atoms with E-state index in [-0.39, 0.29) is 11.5 Å². The zero-order valence-corrected chi connectivity index (χ0v) is 16.0. The molecule has 5 unspecified atom stereocenters. The number of hydrogen-bond acceptors (Lipinski definition) is 14. The van der Waals surface area contributed by atoms with Gasteiger partial charge in [0.2, 0.25) is 0 Å². The molecule has 14 nitrogen and oxygen atoms in total. The largest absolute Gasteiger partial charge is 0.451 e. The van der Waals surface area contributed by atoms with Gasteiger partial charge in [-0.15, -0.1) is 4.89 Å². The molecule has 5 atom stereocenters. The van der Waals surface area contributed by atoms with Crippen molar-refractivity contribution in [3.05, 3.63) is 60.7 Å². The highest BCUT2D eigenvalue weighted by Crippen LogP contribution is 2.52. The van der Waals surface area contributed by atoms with Crippen molar-refractivity contribution in [1.29, 1.82) is 0 Å². The van der Waals surface area contributed by atoms with Crippen LogP contribution in [0.3, 0.4) is 0 Å². The Hall–Kier alpha value is -2.44. The molecule has 1 saturated heterocycles. The predicted molar refractivity (Wildman–Crippen MR) is 95.9 cm³/mol. The standard InChI is InChI=1S/C18H20O14/c19-11-14-15(26-12-7-3-1-4-8-12,32-28-13-9-5-2-6-10-13)16(20,29-23)17(21,30-24)18(22,27-14)31-25/h1-10,14,19-25H,11H2. The maximum Gasteiger partial charge on any atom is 0.374 e. The normalized spacial score (nSPS) is 34.8. The fourth-order valence-electron chi connectivity index (χ4n) is 3.02. The van der Waals surface area contributed by atoms with Gasteiger partial charge >= 0.3 is 23.3 Å². The average molecular weight is 460 g/mol. The van der Waals surface area contributed by atoms with Crippen LogP contribution in [-0.2, 0) is 24.3 Å². The minimum atomic E-state index is -4.12. The summed E-state index contributed by atoms with van der Waals surface area (Å²) in [6, 6.07) is 14.6. The summed E-state index contributed by atoms with van der Waals surface area (Å²) in [4.78, 5) is 21.5. The van der Waals surface area contributed by atoms with Crippen LogP contribution >= 0.6 is 0 Å². The van der Waals surface area contributed by atoms with Crippen molar-refractivity contribution in [1.82, 2.24) is 0 Å². The van der Waals surface area contributed by atoms with E-state index in [1.54, 1.807) is 12.1 Å². The molecule has 1 aliphatic heterocycles. The lowest BCUT2D eigenvalue weighted by Gasteiger charge is -2.56. The molecular weight excluding hydrogens is 440 g/mol. The summed E-state index contributed by atoms with van der Waals surface area (Å²) in [5.41, 5.74) is 0. The van der Waals surface area contributed by atoms with Crippen LogP contribution < -0.4 is 9.62 Å². The quantitative estimate of drug-likeness (QED) is 0.145. The van der Waals surface area contributed by atoms with Gasteiger partial charge in [0.05, 0.1) is 6.61 Å². The van der Waals surface area contributed by atoms with Gasteiger partial charge in [-0.2, -0.15) is 14.7 Å². The summed E-state index contributed by atoms with van der Waals surface area (Å²) in [5.74, 6) is -15.3. The van der Waals surface area contributed by atoms with Crippen molar-refractivity contribution in [2.45, 2.75) is 29.4 Å². The second-order valence-corrected chi connectivity index (χ2v) is 6.50. The van der Waals surface area contributed by atoms with E-state index >= 15 is 0 Å². The molecule has 0 amide bonds. The Labute approximate surface area is 179 Å². The summed E-state index contributed by atoms with van der Waals surface area (Å²) < 4.78 is 10.4. The molecule has 2 aromatic rings. The van der Waals surface area contributed by atoms with Crippen LogP contribution in [0, 0.1) is 0 Å². The lowest BCUT2D eigenvalue weighted by atomic mass is 9.86. The average Bonchev–Trinajstić information content (AvgIpc) is 2.84. The predicted octanol–water partition coefficient (Wildman–Crippen LogP) is -0.344. The molecule has 1 fully saturated rings. The van der Waals surface area contributed by atoms with E-state index in [4.69, 9.17) is 24.5 Å². The van der Waals surface area contributed by atoms with Gasteiger partial charge in [0, 0.05) is 0 Å². The van der Waals surface area contributed by atoms with E-state index in [1.165, 1.54) is 48.5 Å². The first-order chi connectivity index (χ1) is 15.3. The first-order valence-corrected chi connectivity index (χ1v) is 8.84. The van der Waals surface area contributed by atoms with Crippen molar-refractivity contribution in [3.63, 3.8) is 0 Å². The van der Waals surface area contributed by atoms with Gasteiger partial charge in [0.1, 0.15) is 5.75 Å². The van der Waals surface area contributed by atoms with Gasteiger partial charge in [-0.3, -0.25) is 0 Å². The van der Waals surface area contributed by atoms with E-state index in [9.17, 15) is 30.9 Å². The number of benzene rings is 2. The molecule has 3 rings (SSSR count). The van der Waals surface area contributed by atoms with Crippen molar-refractivity contribution >= 4 is 0 Å². The number of ether oxygens (including phenoxy) is 2. The Bertz CT molecular complexity index is 870. The second kappa shape index (κ2) is 9.20. The van der Waals surface area contributed by atoms with Crippen molar-refractivity contribution in [3.8, 4) is 11.5 Å². The number of rotatable bonds is 9. The maximum atomic E-state index is 11.1. The van der Waals surface area contributed by atoms with Crippen LogP contribution in [0.25, 0.3) is 0 Å². The van der Waals surface area contributed by atoms with Gasteiger partial charge in [0.15, 0.2) is 11.9 Å². The third-order valence-corrected chi connectivity index (χ3v) is 4.66. The van der Waals surface area contributed by atoms with Gasteiger partial charge in [-0.05, 0) is 24.3 Å². The Morgan fingerprint density at radius 3 is 1.75 bits per heavy atom. The smallest absolute Gasteiger partial charge is 0.374 e. The first-order valence-electron chi connectivity index (χ1n) is 8.84. The minimum Gasteiger partial charge on any atom is -0.451 e. The Kier molecular flexibility index (Phi) is 6.96. The molecule has 1 aliphatic rings. The van der Waals surface area contributed by atoms with Crippen LogP contribution in [0.4, 0.5) is 0 Å². The van der Waals surface area contributed by atoms with E-state index in [1.807, 2.05) is 0 Å². The first kappa shape index (κ1) is 24.2. The third-order valence-electron chi connectivity index (χ3n) is 4.66. The van der Waals surface area contributed by atoms with E-state index < -0.39 is 36.0 Å².